The first-order valence-corrected chi connectivity index (χ1v) is 4.35. The topological polar surface area (TPSA) is 13.1 Å². The van der Waals surface area contributed by atoms with E-state index in [1.807, 2.05) is 24.3 Å². The highest BCUT2D eigenvalue weighted by molar-refractivity contribution is 14.1. The zero-order valence-corrected chi connectivity index (χ0v) is 7.96. The molecule has 1 heterocycles. The lowest BCUT2D eigenvalue weighted by Gasteiger charge is -1.89. The molecule has 0 amide bonds. The van der Waals surface area contributed by atoms with E-state index in [9.17, 15) is 0 Å². The summed E-state index contributed by atoms with van der Waals surface area (Å²) in [5.41, 5.74) is 0.943. The van der Waals surface area contributed by atoms with Crippen molar-refractivity contribution in [3.63, 3.8) is 0 Å². The van der Waals surface area contributed by atoms with Crippen LogP contribution < -0.4 is 0 Å². The molecule has 0 aliphatic carbocycles. The number of rotatable bonds is 0. The average Bonchev–Trinajstić information content (AvgIpc) is 2.31. The third-order valence-electron chi connectivity index (χ3n) is 1.55. The average molecular weight is 257 g/mol. The monoisotopic (exact) mass is 257 g/mol. The van der Waals surface area contributed by atoms with Gasteiger partial charge in [0.25, 0.3) is 0 Å². The van der Waals surface area contributed by atoms with Gasteiger partial charge in [-0.1, -0.05) is 12.1 Å². The number of benzene rings is 1. The van der Waals surface area contributed by atoms with Gasteiger partial charge in [-0.25, -0.2) is 0 Å². The summed E-state index contributed by atoms with van der Waals surface area (Å²) in [6.07, 6.45) is 0. The van der Waals surface area contributed by atoms with Crippen LogP contribution in [0, 0.1) is 10.5 Å². The summed E-state index contributed by atoms with van der Waals surface area (Å²) in [6.45, 7) is 3.73. The van der Waals surface area contributed by atoms with Crippen LogP contribution in [-0.4, -0.2) is 0 Å². The van der Waals surface area contributed by atoms with Gasteiger partial charge in [0.1, 0.15) is 11.3 Å². The van der Waals surface area contributed by atoms with E-state index < -0.39 is 0 Å². The van der Waals surface area contributed by atoms with Gasteiger partial charge in [0.15, 0.2) is 0 Å². The van der Waals surface area contributed by atoms with Gasteiger partial charge >= 0.3 is 0 Å². The molecule has 0 spiro atoms. The number of hydrogen-bond donors (Lipinski definition) is 0. The molecule has 0 saturated carbocycles. The van der Waals surface area contributed by atoms with Crippen LogP contribution in [0.25, 0.3) is 11.0 Å². The number of halogens is 1. The zero-order valence-electron chi connectivity index (χ0n) is 5.80. The Morgan fingerprint density at radius 3 is 2.91 bits per heavy atom. The summed E-state index contributed by atoms with van der Waals surface area (Å²) in [4.78, 5) is 0. The molecule has 11 heavy (non-hydrogen) atoms. The molecule has 1 nitrogen and oxygen atoms in total. The number of para-hydroxylation sites is 1. The molecule has 1 aromatic heterocycles. The molecule has 0 bridgehead atoms. The molecular formula is C9H6IO. The fourth-order valence-corrected chi connectivity index (χ4v) is 1.71. The van der Waals surface area contributed by atoms with Crippen LogP contribution in [0.4, 0.5) is 0 Å². The second kappa shape index (κ2) is 2.52. The van der Waals surface area contributed by atoms with Crippen LogP contribution in [0.15, 0.2) is 28.7 Å². The van der Waals surface area contributed by atoms with Gasteiger partial charge in [0, 0.05) is 12.3 Å². The molecule has 0 N–H and O–H groups in total. The van der Waals surface area contributed by atoms with Gasteiger partial charge in [0.05, 0.1) is 3.57 Å². The number of hydrogen-bond acceptors (Lipinski definition) is 1. The third kappa shape index (κ3) is 1.15. The van der Waals surface area contributed by atoms with E-state index in [4.69, 9.17) is 4.42 Å². The van der Waals surface area contributed by atoms with Gasteiger partial charge in [-0.2, -0.15) is 0 Å². The maximum atomic E-state index is 5.38. The summed E-state index contributed by atoms with van der Waals surface area (Å²) in [6, 6.07) is 8.00. The summed E-state index contributed by atoms with van der Waals surface area (Å²) < 4.78 is 6.51. The SMILES string of the molecule is [CH2]c1cc2cccc(I)c2o1. The van der Waals surface area contributed by atoms with Crippen LogP contribution in [0.3, 0.4) is 0 Å². The smallest absolute Gasteiger partial charge is 0.147 e. The summed E-state index contributed by atoms with van der Waals surface area (Å²) in [5.74, 6) is 0.726. The van der Waals surface area contributed by atoms with E-state index in [0.29, 0.717) is 0 Å². The number of furan rings is 1. The van der Waals surface area contributed by atoms with Crippen LogP contribution in [0.1, 0.15) is 5.76 Å². The Hall–Kier alpha value is -0.510. The van der Waals surface area contributed by atoms with Gasteiger partial charge in [0.2, 0.25) is 0 Å². The van der Waals surface area contributed by atoms with Crippen LogP contribution in [0.5, 0.6) is 0 Å². The van der Waals surface area contributed by atoms with Crippen LogP contribution in [-0.2, 0) is 0 Å². The first-order valence-electron chi connectivity index (χ1n) is 3.27. The maximum absolute atomic E-state index is 5.38. The molecule has 0 saturated heterocycles. The number of fused-ring (bicyclic) bond motifs is 1. The third-order valence-corrected chi connectivity index (χ3v) is 2.40. The predicted molar refractivity (Wildman–Crippen MR) is 53.4 cm³/mol. The molecule has 2 heteroatoms. The highest BCUT2D eigenvalue weighted by Crippen LogP contribution is 2.23. The highest BCUT2D eigenvalue weighted by atomic mass is 127. The molecule has 0 unspecified atom stereocenters. The van der Waals surface area contributed by atoms with Crippen molar-refractivity contribution in [2.75, 3.05) is 0 Å². The highest BCUT2D eigenvalue weighted by Gasteiger charge is 2.01. The van der Waals surface area contributed by atoms with Crippen molar-refractivity contribution < 1.29 is 4.42 Å². The molecule has 55 valence electrons. The summed E-state index contributed by atoms with van der Waals surface area (Å²) in [5, 5.41) is 1.13. The minimum atomic E-state index is 0.726. The van der Waals surface area contributed by atoms with E-state index in [2.05, 4.69) is 29.5 Å². The van der Waals surface area contributed by atoms with Crippen molar-refractivity contribution in [3.05, 3.63) is 40.5 Å². The standard InChI is InChI=1S/C9H6IO/c1-6-5-7-3-2-4-8(10)9(7)11-6/h2-5H,1H2. The largest absolute Gasteiger partial charge is 0.460 e. The molecule has 0 aliphatic heterocycles. The van der Waals surface area contributed by atoms with E-state index in [1.165, 1.54) is 0 Å². The lowest BCUT2D eigenvalue weighted by Crippen LogP contribution is -1.68. The predicted octanol–water partition coefficient (Wildman–Crippen LogP) is 3.22. The van der Waals surface area contributed by atoms with Crippen LogP contribution >= 0.6 is 22.6 Å². The van der Waals surface area contributed by atoms with Crippen molar-refractivity contribution in [2.45, 2.75) is 0 Å². The Morgan fingerprint density at radius 1 is 1.36 bits per heavy atom. The Morgan fingerprint density at radius 2 is 2.18 bits per heavy atom. The first kappa shape index (κ1) is 7.16. The molecule has 1 radical (unpaired) electrons. The molecule has 2 aromatic rings. The quantitative estimate of drug-likeness (QED) is 0.660. The van der Waals surface area contributed by atoms with Gasteiger partial charge in [-0.3, -0.25) is 0 Å². The molecule has 1 aromatic carbocycles. The minimum absolute atomic E-state index is 0.726. The molecular weight excluding hydrogens is 251 g/mol. The normalized spacial score (nSPS) is 10.7. The Labute approximate surface area is 78.5 Å². The van der Waals surface area contributed by atoms with Crippen LogP contribution in [0.2, 0.25) is 0 Å². The molecule has 0 fully saturated rings. The van der Waals surface area contributed by atoms with Crippen molar-refractivity contribution >= 4 is 33.6 Å². The molecule has 2 rings (SSSR count). The van der Waals surface area contributed by atoms with Gasteiger partial charge in [-0.05, 0) is 34.7 Å². The minimum Gasteiger partial charge on any atom is -0.460 e. The summed E-state index contributed by atoms with van der Waals surface area (Å²) in [7, 11) is 0. The fraction of sp³-hybridized carbons (Fsp3) is 0. The van der Waals surface area contributed by atoms with Crippen molar-refractivity contribution in [3.8, 4) is 0 Å². The zero-order chi connectivity index (χ0) is 7.84. The Kier molecular flexibility index (Phi) is 1.64. The van der Waals surface area contributed by atoms with E-state index in [0.717, 1.165) is 20.3 Å². The fourth-order valence-electron chi connectivity index (χ4n) is 1.08. The van der Waals surface area contributed by atoms with Gasteiger partial charge < -0.3 is 4.42 Å². The molecule has 0 aliphatic rings. The van der Waals surface area contributed by atoms with E-state index >= 15 is 0 Å². The van der Waals surface area contributed by atoms with E-state index in [-0.39, 0.29) is 0 Å². The summed E-state index contributed by atoms with van der Waals surface area (Å²) >= 11 is 2.25. The second-order valence-corrected chi connectivity index (χ2v) is 3.53. The van der Waals surface area contributed by atoms with Crippen molar-refractivity contribution in [1.82, 2.24) is 0 Å². The maximum Gasteiger partial charge on any atom is 0.147 e. The lowest BCUT2D eigenvalue weighted by atomic mass is 10.2. The Balaban J connectivity index is 2.90. The first-order chi connectivity index (χ1) is 5.27. The van der Waals surface area contributed by atoms with E-state index in [1.54, 1.807) is 0 Å². The van der Waals surface area contributed by atoms with Crippen molar-refractivity contribution in [2.24, 2.45) is 0 Å². The van der Waals surface area contributed by atoms with Crippen molar-refractivity contribution in [1.29, 1.82) is 0 Å². The van der Waals surface area contributed by atoms with Gasteiger partial charge in [-0.15, -0.1) is 0 Å². The molecule has 0 atom stereocenters. The Bertz CT molecular complexity index is 389. The second-order valence-electron chi connectivity index (χ2n) is 2.37. The lowest BCUT2D eigenvalue weighted by molar-refractivity contribution is 0.593.